The van der Waals surface area contributed by atoms with Gasteiger partial charge < -0.3 is 9.73 Å². The summed E-state index contributed by atoms with van der Waals surface area (Å²) in [6.45, 7) is 0.919. The first-order valence-electron chi connectivity index (χ1n) is 6.79. The molecule has 0 spiro atoms. The summed E-state index contributed by atoms with van der Waals surface area (Å²) >= 11 is 5.82. The van der Waals surface area contributed by atoms with Crippen LogP contribution in [0.2, 0.25) is 5.02 Å². The number of benzene rings is 1. The highest BCUT2D eigenvalue weighted by atomic mass is 35.5. The summed E-state index contributed by atoms with van der Waals surface area (Å²) in [5, 5.41) is 7.57. The van der Waals surface area contributed by atoms with E-state index in [1.807, 2.05) is 24.4 Å². The van der Waals surface area contributed by atoms with Gasteiger partial charge in [-0.15, -0.1) is 0 Å². The summed E-state index contributed by atoms with van der Waals surface area (Å²) in [4.78, 5) is 12.0. The lowest BCUT2D eigenvalue weighted by atomic mass is 10.2. The number of hydrogen-bond donors (Lipinski definition) is 1. The predicted octanol–water partition coefficient (Wildman–Crippen LogP) is 3.11. The molecule has 0 bridgehead atoms. The van der Waals surface area contributed by atoms with Gasteiger partial charge in [0.25, 0.3) is 5.91 Å². The third kappa shape index (κ3) is 3.56. The second kappa shape index (κ2) is 6.49. The van der Waals surface area contributed by atoms with E-state index in [2.05, 4.69) is 10.4 Å². The maximum Gasteiger partial charge on any atom is 0.287 e. The predicted molar refractivity (Wildman–Crippen MR) is 82.7 cm³/mol. The molecule has 1 N–H and O–H groups in total. The summed E-state index contributed by atoms with van der Waals surface area (Å²) < 4.78 is 7.26. The molecule has 0 radical (unpaired) electrons. The zero-order valence-electron chi connectivity index (χ0n) is 11.7. The maximum absolute atomic E-state index is 12.0. The molecule has 0 atom stereocenters. The van der Waals surface area contributed by atoms with Crippen LogP contribution in [0, 0.1) is 0 Å². The van der Waals surface area contributed by atoms with Crippen molar-refractivity contribution in [3.63, 3.8) is 0 Å². The first-order chi connectivity index (χ1) is 10.7. The highest BCUT2D eigenvalue weighted by Gasteiger charge is 2.11. The van der Waals surface area contributed by atoms with Crippen LogP contribution in [0.4, 0.5) is 0 Å². The first-order valence-corrected chi connectivity index (χ1v) is 7.17. The summed E-state index contributed by atoms with van der Waals surface area (Å²) in [5.74, 6) is 0.720. The topological polar surface area (TPSA) is 60.1 Å². The van der Waals surface area contributed by atoms with E-state index in [9.17, 15) is 4.79 Å². The maximum atomic E-state index is 12.0. The van der Waals surface area contributed by atoms with Crippen molar-refractivity contribution in [3.05, 3.63) is 77.0 Å². The van der Waals surface area contributed by atoms with Crippen molar-refractivity contribution in [2.75, 3.05) is 0 Å². The zero-order chi connectivity index (χ0) is 15.4. The fourth-order valence-corrected chi connectivity index (χ4v) is 2.14. The van der Waals surface area contributed by atoms with Crippen molar-refractivity contribution in [3.8, 4) is 0 Å². The standard InChI is InChI=1S/C16H14ClN3O2/c17-13-4-2-12(3-5-13)10-18-16(21)15-7-6-14(22-15)11-20-9-1-8-19-20/h1-9H,10-11H2,(H,18,21). The van der Waals surface area contributed by atoms with Crippen LogP contribution in [0.25, 0.3) is 0 Å². The minimum atomic E-state index is -0.248. The SMILES string of the molecule is O=C(NCc1ccc(Cl)cc1)c1ccc(Cn2cccn2)o1. The van der Waals surface area contributed by atoms with Gasteiger partial charge in [0.2, 0.25) is 0 Å². The van der Waals surface area contributed by atoms with Gasteiger partial charge >= 0.3 is 0 Å². The highest BCUT2D eigenvalue weighted by molar-refractivity contribution is 6.30. The van der Waals surface area contributed by atoms with Gasteiger partial charge in [0, 0.05) is 24.0 Å². The number of amides is 1. The summed E-state index contributed by atoms with van der Waals surface area (Å²) in [6.07, 6.45) is 3.53. The normalized spacial score (nSPS) is 10.6. The van der Waals surface area contributed by atoms with Crippen molar-refractivity contribution in [1.29, 1.82) is 0 Å². The number of nitrogens with one attached hydrogen (secondary N) is 1. The fraction of sp³-hybridized carbons (Fsp3) is 0.125. The largest absolute Gasteiger partial charge is 0.454 e. The average Bonchev–Trinajstić information content (AvgIpc) is 3.19. The molecule has 0 saturated carbocycles. The van der Waals surface area contributed by atoms with Crippen molar-refractivity contribution >= 4 is 17.5 Å². The first kappa shape index (κ1) is 14.4. The Hall–Kier alpha value is -2.53. The van der Waals surface area contributed by atoms with E-state index in [-0.39, 0.29) is 11.7 Å². The van der Waals surface area contributed by atoms with Gasteiger partial charge in [-0.1, -0.05) is 23.7 Å². The number of carbonyl (C=O) groups excluding carboxylic acids is 1. The molecule has 0 aliphatic rings. The van der Waals surface area contributed by atoms with E-state index >= 15 is 0 Å². The van der Waals surface area contributed by atoms with Gasteiger partial charge in [0.05, 0.1) is 6.54 Å². The molecule has 6 heteroatoms. The summed E-state index contributed by atoms with van der Waals surface area (Å²) in [7, 11) is 0. The Morgan fingerprint density at radius 2 is 2.05 bits per heavy atom. The lowest BCUT2D eigenvalue weighted by Gasteiger charge is -2.03. The Labute approximate surface area is 132 Å². The number of halogens is 1. The molecule has 0 aliphatic heterocycles. The Kier molecular flexibility index (Phi) is 4.25. The summed E-state index contributed by atoms with van der Waals surface area (Å²) in [5.41, 5.74) is 0.973. The molecule has 2 heterocycles. The number of nitrogens with zero attached hydrogens (tertiary/aromatic N) is 2. The third-order valence-corrected chi connectivity index (χ3v) is 3.38. The van der Waals surface area contributed by atoms with Gasteiger partial charge in [0.1, 0.15) is 5.76 Å². The van der Waals surface area contributed by atoms with E-state index in [1.54, 1.807) is 35.1 Å². The Morgan fingerprint density at radius 1 is 1.23 bits per heavy atom. The molecule has 0 aliphatic carbocycles. The molecule has 0 unspecified atom stereocenters. The minimum Gasteiger partial charge on any atom is -0.454 e. The highest BCUT2D eigenvalue weighted by Crippen LogP contribution is 2.11. The summed E-state index contributed by atoms with van der Waals surface area (Å²) in [6, 6.07) is 12.6. The van der Waals surface area contributed by atoms with Crippen LogP contribution in [0.5, 0.6) is 0 Å². The van der Waals surface area contributed by atoms with E-state index in [1.165, 1.54) is 0 Å². The Bertz CT molecular complexity index is 748. The Balaban J connectivity index is 1.58. The van der Waals surface area contributed by atoms with Gasteiger partial charge in [-0.05, 0) is 35.9 Å². The monoisotopic (exact) mass is 315 g/mol. The molecule has 22 heavy (non-hydrogen) atoms. The Morgan fingerprint density at radius 3 is 2.77 bits per heavy atom. The van der Waals surface area contributed by atoms with Crippen LogP contribution in [-0.4, -0.2) is 15.7 Å². The molecule has 3 aromatic rings. The number of aromatic nitrogens is 2. The second-order valence-corrected chi connectivity index (χ2v) is 5.22. The minimum absolute atomic E-state index is 0.248. The fourth-order valence-electron chi connectivity index (χ4n) is 2.01. The van der Waals surface area contributed by atoms with Crippen LogP contribution in [0.3, 0.4) is 0 Å². The van der Waals surface area contributed by atoms with Crippen LogP contribution in [-0.2, 0) is 13.1 Å². The molecule has 1 aromatic carbocycles. The van der Waals surface area contributed by atoms with Gasteiger partial charge in [0.15, 0.2) is 5.76 Å². The van der Waals surface area contributed by atoms with Crippen molar-refractivity contribution in [2.24, 2.45) is 0 Å². The molecule has 3 rings (SSSR count). The van der Waals surface area contributed by atoms with E-state index < -0.39 is 0 Å². The van der Waals surface area contributed by atoms with Crippen LogP contribution >= 0.6 is 11.6 Å². The van der Waals surface area contributed by atoms with E-state index in [0.29, 0.717) is 23.9 Å². The third-order valence-electron chi connectivity index (χ3n) is 3.13. The van der Waals surface area contributed by atoms with Crippen LogP contribution in [0.1, 0.15) is 21.9 Å². The van der Waals surface area contributed by atoms with Crippen molar-refractivity contribution < 1.29 is 9.21 Å². The molecule has 112 valence electrons. The van der Waals surface area contributed by atoms with Crippen molar-refractivity contribution in [1.82, 2.24) is 15.1 Å². The van der Waals surface area contributed by atoms with Gasteiger partial charge in [-0.25, -0.2) is 0 Å². The molecule has 1 amide bonds. The molecule has 0 saturated heterocycles. The van der Waals surface area contributed by atoms with Crippen LogP contribution < -0.4 is 5.32 Å². The number of rotatable bonds is 5. The molecule has 5 nitrogen and oxygen atoms in total. The lowest BCUT2D eigenvalue weighted by Crippen LogP contribution is -2.22. The smallest absolute Gasteiger partial charge is 0.287 e. The average molecular weight is 316 g/mol. The van der Waals surface area contributed by atoms with E-state index in [0.717, 1.165) is 5.56 Å². The second-order valence-electron chi connectivity index (χ2n) is 4.78. The van der Waals surface area contributed by atoms with Gasteiger partial charge in [-0.3, -0.25) is 9.48 Å². The lowest BCUT2D eigenvalue weighted by molar-refractivity contribution is 0.0921. The molecular weight excluding hydrogens is 302 g/mol. The number of carbonyl (C=O) groups is 1. The van der Waals surface area contributed by atoms with E-state index in [4.69, 9.17) is 16.0 Å². The number of furan rings is 1. The molecule has 0 fully saturated rings. The molecule has 2 aromatic heterocycles. The quantitative estimate of drug-likeness (QED) is 0.787. The van der Waals surface area contributed by atoms with Crippen molar-refractivity contribution in [2.45, 2.75) is 13.1 Å². The zero-order valence-corrected chi connectivity index (χ0v) is 12.5. The molecular formula is C16H14ClN3O2. The number of hydrogen-bond acceptors (Lipinski definition) is 3. The van der Waals surface area contributed by atoms with Gasteiger partial charge in [-0.2, -0.15) is 5.10 Å². The van der Waals surface area contributed by atoms with Crippen LogP contribution in [0.15, 0.2) is 59.3 Å².